The van der Waals surface area contributed by atoms with Crippen LogP contribution in [-0.2, 0) is 9.53 Å². The van der Waals surface area contributed by atoms with Crippen LogP contribution in [0.1, 0.15) is 51.9 Å². The molecular weight excluding hydrogens is 202 g/mol. The Morgan fingerprint density at radius 1 is 1.19 bits per heavy atom. The molecule has 0 spiro atoms. The molecular formula is C13H23NO2. The second-order valence-electron chi connectivity index (χ2n) is 5.11. The number of likely N-dealkylation sites (tertiary alicyclic amines) is 1. The lowest BCUT2D eigenvalue weighted by molar-refractivity contribution is -0.146. The molecule has 92 valence electrons. The minimum atomic E-state index is -0.00343. The average molecular weight is 225 g/mol. The monoisotopic (exact) mass is 225 g/mol. The third-order valence-corrected chi connectivity index (χ3v) is 4.09. The molecule has 0 aromatic heterocycles. The summed E-state index contributed by atoms with van der Waals surface area (Å²) in [6, 6.07) is 0. The minimum absolute atomic E-state index is 0.00343. The van der Waals surface area contributed by atoms with Gasteiger partial charge in [0.25, 0.3) is 0 Å². The van der Waals surface area contributed by atoms with Crippen LogP contribution in [0.2, 0.25) is 0 Å². The highest BCUT2D eigenvalue weighted by Crippen LogP contribution is 2.40. The lowest BCUT2D eigenvalue weighted by Gasteiger charge is -2.38. The normalized spacial score (nSPS) is 24.8. The summed E-state index contributed by atoms with van der Waals surface area (Å²) >= 11 is 0. The molecule has 0 amide bonds. The van der Waals surface area contributed by atoms with Crippen LogP contribution in [-0.4, -0.2) is 36.1 Å². The van der Waals surface area contributed by atoms with Crippen molar-refractivity contribution < 1.29 is 9.53 Å². The van der Waals surface area contributed by atoms with Crippen molar-refractivity contribution >= 4 is 5.97 Å². The third kappa shape index (κ3) is 2.40. The van der Waals surface area contributed by atoms with E-state index in [0.717, 1.165) is 0 Å². The maximum absolute atomic E-state index is 11.7. The van der Waals surface area contributed by atoms with E-state index in [0.29, 0.717) is 13.0 Å². The molecule has 3 heteroatoms. The fourth-order valence-electron chi connectivity index (χ4n) is 3.31. The molecule has 1 heterocycles. The summed E-state index contributed by atoms with van der Waals surface area (Å²) in [4.78, 5) is 14.3. The number of hydrogen-bond acceptors (Lipinski definition) is 3. The van der Waals surface area contributed by atoms with Crippen LogP contribution in [0.5, 0.6) is 0 Å². The first-order chi connectivity index (χ1) is 7.77. The molecule has 0 aromatic carbocycles. The van der Waals surface area contributed by atoms with Crippen LogP contribution in [0.4, 0.5) is 0 Å². The van der Waals surface area contributed by atoms with Crippen molar-refractivity contribution in [3.05, 3.63) is 0 Å². The van der Waals surface area contributed by atoms with Crippen LogP contribution in [0.25, 0.3) is 0 Å². The summed E-state index contributed by atoms with van der Waals surface area (Å²) in [6.07, 6.45) is 8.12. The first-order valence-electron chi connectivity index (χ1n) is 6.67. The summed E-state index contributed by atoms with van der Waals surface area (Å²) < 4.78 is 5.12. The molecule has 16 heavy (non-hydrogen) atoms. The number of esters is 1. The molecule has 2 fully saturated rings. The second-order valence-corrected chi connectivity index (χ2v) is 5.11. The summed E-state index contributed by atoms with van der Waals surface area (Å²) in [5.74, 6) is -0.00343. The van der Waals surface area contributed by atoms with E-state index in [-0.39, 0.29) is 11.5 Å². The van der Waals surface area contributed by atoms with Crippen LogP contribution in [0, 0.1) is 0 Å². The van der Waals surface area contributed by atoms with Crippen molar-refractivity contribution in [3.63, 3.8) is 0 Å². The van der Waals surface area contributed by atoms with Crippen molar-refractivity contribution in [1.29, 1.82) is 0 Å². The van der Waals surface area contributed by atoms with Gasteiger partial charge in [0.15, 0.2) is 0 Å². The van der Waals surface area contributed by atoms with Gasteiger partial charge in [0, 0.05) is 5.54 Å². The Balaban J connectivity index is 2.00. The van der Waals surface area contributed by atoms with E-state index in [1.807, 2.05) is 6.92 Å². The number of rotatable bonds is 4. The molecule has 0 aromatic rings. The van der Waals surface area contributed by atoms with Gasteiger partial charge in [-0.15, -0.1) is 0 Å². The third-order valence-electron chi connectivity index (χ3n) is 4.09. The Labute approximate surface area is 98.1 Å². The van der Waals surface area contributed by atoms with E-state index in [1.54, 1.807) is 0 Å². The van der Waals surface area contributed by atoms with Gasteiger partial charge in [0.2, 0.25) is 0 Å². The maximum atomic E-state index is 11.7. The van der Waals surface area contributed by atoms with Crippen molar-refractivity contribution in [3.8, 4) is 0 Å². The van der Waals surface area contributed by atoms with Crippen LogP contribution < -0.4 is 0 Å². The van der Waals surface area contributed by atoms with Gasteiger partial charge >= 0.3 is 5.97 Å². The highest BCUT2D eigenvalue weighted by molar-refractivity contribution is 5.71. The molecule has 3 nitrogen and oxygen atoms in total. The van der Waals surface area contributed by atoms with Crippen molar-refractivity contribution in [2.75, 3.05) is 19.7 Å². The molecule has 0 atom stereocenters. The van der Waals surface area contributed by atoms with E-state index in [1.165, 1.54) is 51.6 Å². The molecule has 2 aliphatic rings. The average Bonchev–Trinajstić information content (AvgIpc) is 2.86. The zero-order valence-corrected chi connectivity index (χ0v) is 10.3. The van der Waals surface area contributed by atoms with Gasteiger partial charge in [-0.05, 0) is 45.7 Å². The van der Waals surface area contributed by atoms with Crippen molar-refractivity contribution in [2.24, 2.45) is 0 Å². The fraction of sp³-hybridized carbons (Fsp3) is 0.923. The SMILES string of the molecule is CCOC(=O)CC1(N2CCCC2)CCCC1. The standard InChI is InChI=1S/C13H23NO2/c1-2-16-12(15)11-13(7-3-4-8-13)14-9-5-6-10-14/h2-11H2,1H3. The van der Waals surface area contributed by atoms with Gasteiger partial charge in [-0.2, -0.15) is 0 Å². The van der Waals surface area contributed by atoms with Gasteiger partial charge in [0.05, 0.1) is 13.0 Å². The lowest BCUT2D eigenvalue weighted by atomic mass is 9.91. The Hall–Kier alpha value is -0.570. The number of carbonyl (C=O) groups excluding carboxylic acids is 1. The molecule has 1 aliphatic carbocycles. The number of hydrogen-bond donors (Lipinski definition) is 0. The summed E-state index contributed by atoms with van der Waals surface area (Å²) in [6.45, 7) is 4.75. The highest BCUT2D eigenvalue weighted by atomic mass is 16.5. The first-order valence-corrected chi connectivity index (χ1v) is 6.67. The molecule has 1 saturated carbocycles. The predicted octanol–water partition coefficient (Wildman–Crippen LogP) is 2.35. The topological polar surface area (TPSA) is 29.5 Å². The van der Waals surface area contributed by atoms with Gasteiger partial charge in [-0.1, -0.05) is 12.8 Å². The molecule has 1 aliphatic heterocycles. The number of carbonyl (C=O) groups is 1. The van der Waals surface area contributed by atoms with Gasteiger partial charge < -0.3 is 4.74 Å². The number of nitrogens with zero attached hydrogens (tertiary/aromatic N) is 1. The van der Waals surface area contributed by atoms with E-state index < -0.39 is 0 Å². The summed E-state index contributed by atoms with van der Waals surface area (Å²) in [7, 11) is 0. The van der Waals surface area contributed by atoms with Crippen molar-refractivity contribution in [2.45, 2.75) is 57.4 Å². The second kappa shape index (κ2) is 5.17. The summed E-state index contributed by atoms with van der Waals surface area (Å²) in [5, 5.41) is 0. The van der Waals surface area contributed by atoms with Crippen LogP contribution >= 0.6 is 0 Å². The van der Waals surface area contributed by atoms with Gasteiger partial charge in [-0.25, -0.2) is 0 Å². The van der Waals surface area contributed by atoms with Gasteiger partial charge in [-0.3, -0.25) is 9.69 Å². The van der Waals surface area contributed by atoms with E-state index in [9.17, 15) is 4.79 Å². The van der Waals surface area contributed by atoms with Crippen LogP contribution in [0.15, 0.2) is 0 Å². The quantitative estimate of drug-likeness (QED) is 0.688. The Morgan fingerprint density at radius 3 is 2.38 bits per heavy atom. The number of ether oxygens (including phenoxy) is 1. The zero-order chi connectivity index (χ0) is 11.4. The lowest BCUT2D eigenvalue weighted by Crippen LogP contribution is -2.46. The molecule has 0 unspecified atom stereocenters. The smallest absolute Gasteiger partial charge is 0.307 e. The predicted molar refractivity (Wildman–Crippen MR) is 63.3 cm³/mol. The molecule has 0 bridgehead atoms. The molecule has 0 radical (unpaired) electrons. The molecule has 2 rings (SSSR count). The fourth-order valence-corrected chi connectivity index (χ4v) is 3.31. The minimum Gasteiger partial charge on any atom is -0.466 e. The molecule has 0 N–H and O–H groups in total. The van der Waals surface area contributed by atoms with Crippen LogP contribution in [0.3, 0.4) is 0 Å². The van der Waals surface area contributed by atoms with E-state index in [2.05, 4.69) is 4.90 Å². The zero-order valence-electron chi connectivity index (χ0n) is 10.3. The van der Waals surface area contributed by atoms with Crippen molar-refractivity contribution in [1.82, 2.24) is 4.90 Å². The summed E-state index contributed by atoms with van der Waals surface area (Å²) in [5.41, 5.74) is 0.156. The maximum Gasteiger partial charge on any atom is 0.307 e. The first kappa shape index (κ1) is 11.9. The van der Waals surface area contributed by atoms with E-state index in [4.69, 9.17) is 4.74 Å². The largest absolute Gasteiger partial charge is 0.466 e. The Bertz CT molecular complexity index is 240. The molecule has 1 saturated heterocycles. The van der Waals surface area contributed by atoms with E-state index >= 15 is 0 Å². The Morgan fingerprint density at radius 2 is 1.81 bits per heavy atom. The Kier molecular flexibility index (Phi) is 3.85. The highest BCUT2D eigenvalue weighted by Gasteiger charge is 2.42. The van der Waals surface area contributed by atoms with Gasteiger partial charge in [0.1, 0.15) is 0 Å².